The summed E-state index contributed by atoms with van der Waals surface area (Å²) >= 11 is 6.21. The highest BCUT2D eigenvalue weighted by Crippen LogP contribution is 2.29. The van der Waals surface area contributed by atoms with Gasteiger partial charge in [-0.15, -0.1) is 0 Å². The van der Waals surface area contributed by atoms with Crippen molar-refractivity contribution in [1.82, 2.24) is 19.6 Å². The Hall–Kier alpha value is -3.98. The summed E-state index contributed by atoms with van der Waals surface area (Å²) in [5, 5.41) is 12.2. The maximum Gasteiger partial charge on any atom is 0.276 e. The molecule has 0 aliphatic rings. The van der Waals surface area contributed by atoms with E-state index in [1.807, 2.05) is 58.0 Å². The molecule has 0 saturated heterocycles. The van der Waals surface area contributed by atoms with Crippen molar-refractivity contribution < 1.29 is 19.0 Å². The van der Waals surface area contributed by atoms with Gasteiger partial charge in [-0.1, -0.05) is 17.7 Å². The molecule has 0 radical (unpaired) electrons. The Labute approximate surface area is 220 Å². The van der Waals surface area contributed by atoms with Gasteiger partial charge >= 0.3 is 0 Å². The predicted molar refractivity (Wildman–Crippen MR) is 142 cm³/mol. The Morgan fingerprint density at radius 1 is 0.973 bits per heavy atom. The zero-order chi connectivity index (χ0) is 26.4. The van der Waals surface area contributed by atoms with E-state index in [0.29, 0.717) is 42.7 Å². The van der Waals surface area contributed by atoms with Crippen LogP contribution in [0, 0.1) is 13.8 Å². The number of carbonyl (C=O) groups is 1. The lowest BCUT2D eigenvalue weighted by atomic mass is 10.1. The third-order valence-electron chi connectivity index (χ3n) is 5.49. The second kappa shape index (κ2) is 11.8. The molecule has 37 heavy (non-hydrogen) atoms. The van der Waals surface area contributed by atoms with Crippen LogP contribution in [0.4, 0.5) is 5.69 Å². The lowest BCUT2D eigenvalue weighted by Crippen LogP contribution is -2.14. The lowest BCUT2D eigenvalue weighted by Gasteiger charge is -2.12. The summed E-state index contributed by atoms with van der Waals surface area (Å²) in [7, 11) is 0. The summed E-state index contributed by atoms with van der Waals surface area (Å²) in [5.74, 6) is 1.76. The highest BCUT2D eigenvalue weighted by atomic mass is 35.5. The minimum atomic E-state index is -0.337. The molecule has 4 aromatic rings. The molecule has 2 heterocycles. The first-order valence-corrected chi connectivity index (χ1v) is 12.4. The number of ether oxygens (including phenoxy) is 3. The highest BCUT2D eigenvalue weighted by molar-refractivity contribution is 6.32. The number of nitrogens with zero attached hydrogens (tertiary/aromatic N) is 4. The van der Waals surface area contributed by atoms with Crippen LogP contribution in [0.5, 0.6) is 17.2 Å². The Bertz CT molecular complexity index is 1360. The summed E-state index contributed by atoms with van der Waals surface area (Å²) in [6, 6.07) is 11.2. The third-order valence-corrected chi connectivity index (χ3v) is 6.09. The van der Waals surface area contributed by atoms with Crippen molar-refractivity contribution in [3.05, 3.63) is 82.4 Å². The fourth-order valence-corrected chi connectivity index (χ4v) is 3.88. The molecule has 0 aliphatic heterocycles. The van der Waals surface area contributed by atoms with Crippen molar-refractivity contribution >= 4 is 23.2 Å². The van der Waals surface area contributed by atoms with Gasteiger partial charge in [-0.3, -0.25) is 9.48 Å². The molecule has 0 aliphatic carbocycles. The van der Waals surface area contributed by atoms with Gasteiger partial charge in [0.1, 0.15) is 5.75 Å². The monoisotopic (exact) mass is 523 g/mol. The number of nitrogens with one attached hydrogen (secondary N) is 1. The van der Waals surface area contributed by atoms with Gasteiger partial charge in [-0.25, -0.2) is 4.68 Å². The van der Waals surface area contributed by atoms with Crippen molar-refractivity contribution in [3.8, 4) is 17.2 Å². The first kappa shape index (κ1) is 26.1. The van der Waals surface area contributed by atoms with Crippen LogP contribution in [0.3, 0.4) is 0 Å². The van der Waals surface area contributed by atoms with E-state index in [-0.39, 0.29) is 18.3 Å². The maximum absolute atomic E-state index is 12.7. The van der Waals surface area contributed by atoms with Crippen LogP contribution in [0.2, 0.25) is 5.02 Å². The molecule has 0 saturated carbocycles. The van der Waals surface area contributed by atoms with Crippen molar-refractivity contribution in [2.75, 3.05) is 18.5 Å². The van der Waals surface area contributed by atoms with Gasteiger partial charge in [0.25, 0.3) is 5.91 Å². The summed E-state index contributed by atoms with van der Waals surface area (Å²) in [4.78, 5) is 12.7. The van der Waals surface area contributed by atoms with Crippen LogP contribution in [0.15, 0.2) is 55.0 Å². The molecule has 2 aromatic heterocycles. The van der Waals surface area contributed by atoms with Gasteiger partial charge < -0.3 is 19.5 Å². The second-order valence-electron chi connectivity index (χ2n) is 8.41. The lowest BCUT2D eigenvalue weighted by molar-refractivity contribution is 0.102. The number of carbonyl (C=O) groups excluding carboxylic acids is 1. The molecular formula is C27H30ClN5O4. The SMILES string of the molecule is CCOc1ccc(Cn2cc(NC(=O)c3ccn(COc4cc(C)c(Cl)c(C)c4)n3)cn2)cc1OCC. The number of hydrogen-bond donors (Lipinski definition) is 1. The van der Waals surface area contributed by atoms with Crippen LogP contribution in [-0.2, 0) is 13.3 Å². The Balaban J connectivity index is 1.34. The first-order chi connectivity index (χ1) is 17.9. The number of anilines is 1. The van der Waals surface area contributed by atoms with Gasteiger partial charge in [-0.05, 0) is 74.7 Å². The quantitative estimate of drug-likeness (QED) is 0.280. The average molecular weight is 524 g/mol. The molecule has 9 nitrogen and oxygen atoms in total. The topological polar surface area (TPSA) is 92.4 Å². The standard InChI is InChI=1S/C27H30ClN5O4/c1-5-35-24-8-7-20(13-25(24)36-6-2)15-33-16-21(14-29-33)30-27(34)23-9-10-32(31-23)17-37-22-11-18(3)26(28)19(4)12-22/h7-14,16H,5-6,15,17H2,1-4H3,(H,30,34). The molecule has 194 valence electrons. The van der Waals surface area contributed by atoms with Gasteiger partial charge in [0.05, 0.1) is 31.6 Å². The van der Waals surface area contributed by atoms with Crippen LogP contribution in [-0.4, -0.2) is 38.7 Å². The average Bonchev–Trinajstić information content (AvgIpc) is 3.52. The highest BCUT2D eigenvalue weighted by Gasteiger charge is 2.13. The number of aryl methyl sites for hydroxylation is 2. The predicted octanol–water partition coefficient (Wildman–Crippen LogP) is 5.48. The zero-order valence-corrected chi connectivity index (χ0v) is 22.1. The van der Waals surface area contributed by atoms with Crippen molar-refractivity contribution in [1.29, 1.82) is 0 Å². The first-order valence-electron chi connectivity index (χ1n) is 12.0. The summed E-state index contributed by atoms with van der Waals surface area (Å²) in [5.41, 5.74) is 3.72. The number of benzene rings is 2. The molecule has 0 atom stereocenters. The summed E-state index contributed by atoms with van der Waals surface area (Å²) in [6.07, 6.45) is 5.05. The molecule has 4 rings (SSSR count). The molecule has 10 heteroatoms. The van der Waals surface area contributed by atoms with Crippen LogP contribution >= 0.6 is 11.6 Å². The number of hydrogen-bond acceptors (Lipinski definition) is 6. The smallest absolute Gasteiger partial charge is 0.276 e. The number of rotatable bonds is 11. The fourth-order valence-electron chi connectivity index (χ4n) is 3.78. The van der Waals surface area contributed by atoms with Crippen LogP contribution < -0.4 is 19.5 Å². The molecule has 0 spiro atoms. The van der Waals surface area contributed by atoms with E-state index in [2.05, 4.69) is 15.5 Å². The van der Waals surface area contributed by atoms with E-state index in [1.54, 1.807) is 34.0 Å². The van der Waals surface area contributed by atoms with Crippen LogP contribution in [0.25, 0.3) is 0 Å². The normalized spacial score (nSPS) is 10.8. The second-order valence-corrected chi connectivity index (χ2v) is 8.79. The molecule has 0 unspecified atom stereocenters. The van der Waals surface area contributed by atoms with E-state index >= 15 is 0 Å². The van der Waals surface area contributed by atoms with Crippen LogP contribution in [0.1, 0.15) is 41.0 Å². The van der Waals surface area contributed by atoms with Crippen molar-refractivity contribution in [2.45, 2.75) is 41.0 Å². The van der Waals surface area contributed by atoms with Gasteiger partial charge in [-0.2, -0.15) is 10.2 Å². The number of amides is 1. The third kappa shape index (κ3) is 6.62. The van der Waals surface area contributed by atoms with E-state index in [1.165, 1.54) is 0 Å². The molecule has 0 bridgehead atoms. The molecule has 1 N–H and O–H groups in total. The van der Waals surface area contributed by atoms with E-state index in [9.17, 15) is 4.79 Å². The minimum Gasteiger partial charge on any atom is -0.490 e. The summed E-state index contributed by atoms with van der Waals surface area (Å²) < 4.78 is 20.4. The largest absolute Gasteiger partial charge is 0.490 e. The Kier molecular flexibility index (Phi) is 8.35. The van der Waals surface area contributed by atoms with Crippen molar-refractivity contribution in [2.24, 2.45) is 0 Å². The molecule has 0 fully saturated rings. The maximum atomic E-state index is 12.7. The van der Waals surface area contributed by atoms with Crippen molar-refractivity contribution in [3.63, 3.8) is 0 Å². The summed E-state index contributed by atoms with van der Waals surface area (Å²) in [6.45, 7) is 9.51. The number of aromatic nitrogens is 4. The molecular weight excluding hydrogens is 494 g/mol. The molecule has 2 aromatic carbocycles. The van der Waals surface area contributed by atoms with Gasteiger partial charge in [0.2, 0.25) is 0 Å². The van der Waals surface area contributed by atoms with E-state index in [4.69, 9.17) is 25.8 Å². The molecule has 1 amide bonds. The van der Waals surface area contributed by atoms with Gasteiger partial charge in [0, 0.05) is 17.4 Å². The fraction of sp³-hybridized carbons (Fsp3) is 0.296. The van der Waals surface area contributed by atoms with Gasteiger partial charge in [0.15, 0.2) is 23.9 Å². The number of halogens is 1. The Morgan fingerprint density at radius 2 is 1.70 bits per heavy atom. The zero-order valence-electron chi connectivity index (χ0n) is 21.3. The Morgan fingerprint density at radius 3 is 2.43 bits per heavy atom. The van der Waals surface area contributed by atoms with E-state index in [0.717, 1.165) is 21.7 Å². The van der Waals surface area contributed by atoms with E-state index < -0.39 is 0 Å². The minimum absolute atomic E-state index is 0.164.